The van der Waals surface area contributed by atoms with Crippen molar-refractivity contribution in [3.05, 3.63) is 32.6 Å². The van der Waals surface area contributed by atoms with E-state index in [1.807, 2.05) is 20.8 Å². The average Bonchev–Trinajstić information content (AvgIpc) is 1.98. The van der Waals surface area contributed by atoms with Crippen molar-refractivity contribution in [3.63, 3.8) is 0 Å². The lowest BCUT2D eigenvalue weighted by atomic mass is 10.1. The van der Waals surface area contributed by atoms with Crippen LogP contribution in [0.5, 0.6) is 0 Å². The molecule has 0 aliphatic carbocycles. The van der Waals surface area contributed by atoms with Gasteiger partial charge in [-0.2, -0.15) is 0 Å². The number of aryl methyl sites for hydroxylation is 2. The molecule has 0 fully saturated rings. The van der Waals surface area contributed by atoms with Crippen molar-refractivity contribution in [1.82, 2.24) is 9.13 Å². The minimum atomic E-state index is -0.474. The lowest BCUT2D eigenvalue weighted by molar-refractivity contribution is 0.356. The summed E-state index contributed by atoms with van der Waals surface area (Å²) in [5.74, 6) is 0. The van der Waals surface area contributed by atoms with Crippen molar-refractivity contribution in [2.45, 2.75) is 33.2 Å². The molecule has 0 aliphatic rings. The zero-order chi connectivity index (χ0) is 11.1. The van der Waals surface area contributed by atoms with Gasteiger partial charge in [-0.05, 0) is 27.7 Å². The molecule has 1 aromatic rings. The van der Waals surface area contributed by atoms with Gasteiger partial charge in [0.15, 0.2) is 0 Å². The van der Waals surface area contributed by atoms with Crippen molar-refractivity contribution in [1.29, 1.82) is 0 Å². The van der Waals surface area contributed by atoms with Crippen LogP contribution in [0.4, 0.5) is 0 Å². The molecule has 0 spiro atoms. The first-order chi connectivity index (χ1) is 6.25. The van der Waals surface area contributed by atoms with E-state index >= 15 is 0 Å². The molecule has 0 atom stereocenters. The van der Waals surface area contributed by atoms with Crippen molar-refractivity contribution in [3.8, 4) is 0 Å². The minimum absolute atomic E-state index is 0.208. The lowest BCUT2D eigenvalue weighted by Crippen LogP contribution is -2.47. The first-order valence-corrected chi connectivity index (χ1v) is 4.55. The van der Waals surface area contributed by atoms with Gasteiger partial charge in [-0.3, -0.25) is 9.36 Å². The second kappa shape index (κ2) is 3.12. The van der Waals surface area contributed by atoms with Gasteiger partial charge in [0.05, 0.1) is 0 Å². The molecule has 0 saturated carbocycles. The fourth-order valence-electron chi connectivity index (χ4n) is 1.41. The Bertz CT molecular complexity index is 426. The number of nitrogens with zero attached hydrogens (tertiary/aromatic N) is 2. The first kappa shape index (κ1) is 10.8. The fourth-order valence-corrected chi connectivity index (χ4v) is 1.41. The quantitative estimate of drug-likeness (QED) is 0.610. The summed E-state index contributed by atoms with van der Waals surface area (Å²) in [6, 6.07) is 0. The maximum atomic E-state index is 11.7. The Hall–Kier alpha value is -1.32. The van der Waals surface area contributed by atoms with E-state index in [4.69, 9.17) is 0 Å². The van der Waals surface area contributed by atoms with E-state index < -0.39 is 5.54 Å². The maximum absolute atomic E-state index is 11.7. The molecule has 4 heteroatoms. The van der Waals surface area contributed by atoms with Gasteiger partial charge in [-0.15, -0.1) is 0 Å². The monoisotopic (exact) mass is 196 g/mol. The average molecular weight is 196 g/mol. The number of hydrogen-bond donors (Lipinski definition) is 0. The third-order valence-corrected chi connectivity index (χ3v) is 2.09. The Balaban J connectivity index is 3.75. The van der Waals surface area contributed by atoms with Gasteiger partial charge in [0.2, 0.25) is 0 Å². The SMILES string of the molecule is Cc1cn(C)c(=O)n(C(C)(C)C)c1=O. The van der Waals surface area contributed by atoms with Crippen LogP contribution in [-0.2, 0) is 12.6 Å². The van der Waals surface area contributed by atoms with E-state index in [2.05, 4.69) is 0 Å². The molecule has 1 rings (SSSR count). The third kappa shape index (κ3) is 1.64. The zero-order valence-corrected chi connectivity index (χ0v) is 9.29. The maximum Gasteiger partial charge on any atom is 0.331 e. The van der Waals surface area contributed by atoms with E-state index in [1.165, 1.54) is 9.13 Å². The third-order valence-electron chi connectivity index (χ3n) is 2.09. The number of rotatable bonds is 0. The van der Waals surface area contributed by atoms with Crippen LogP contribution in [0, 0.1) is 6.92 Å². The highest BCUT2D eigenvalue weighted by molar-refractivity contribution is 5.04. The Kier molecular flexibility index (Phi) is 2.39. The van der Waals surface area contributed by atoms with Gasteiger partial charge in [0.25, 0.3) is 5.56 Å². The second-order valence-corrected chi connectivity index (χ2v) is 4.52. The summed E-state index contributed by atoms with van der Waals surface area (Å²) in [6.07, 6.45) is 1.56. The molecule has 1 heterocycles. The topological polar surface area (TPSA) is 44.0 Å². The van der Waals surface area contributed by atoms with Crippen LogP contribution in [0.2, 0.25) is 0 Å². The van der Waals surface area contributed by atoms with Crippen molar-refractivity contribution < 1.29 is 0 Å². The molecule has 1 aromatic heterocycles. The molecule has 0 aromatic carbocycles. The molecule has 0 radical (unpaired) electrons. The summed E-state index contributed by atoms with van der Waals surface area (Å²) in [4.78, 5) is 23.5. The standard InChI is InChI=1S/C10H16N2O2/c1-7-6-11(5)9(14)12(8(7)13)10(2,3)4/h6H,1-5H3. The van der Waals surface area contributed by atoms with E-state index in [1.54, 1.807) is 20.2 Å². The van der Waals surface area contributed by atoms with Crippen LogP contribution in [0.3, 0.4) is 0 Å². The molecular formula is C10H16N2O2. The summed E-state index contributed by atoms with van der Waals surface area (Å²) in [6.45, 7) is 7.24. The summed E-state index contributed by atoms with van der Waals surface area (Å²) < 4.78 is 2.71. The molecule has 0 aliphatic heterocycles. The zero-order valence-electron chi connectivity index (χ0n) is 9.29. The largest absolute Gasteiger partial charge is 0.331 e. The highest BCUT2D eigenvalue weighted by Gasteiger charge is 2.19. The molecule has 0 unspecified atom stereocenters. The molecule has 14 heavy (non-hydrogen) atoms. The van der Waals surface area contributed by atoms with E-state index in [0.29, 0.717) is 5.56 Å². The van der Waals surface area contributed by atoms with Crippen LogP contribution in [0.25, 0.3) is 0 Å². The Labute approximate surface area is 82.8 Å². The van der Waals surface area contributed by atoms with Gasteiger partial charge < -0.3 is 4.57 Å². The molecule has 0 bridgehead atoms. The van der Waals surface area contributed by atoms with Crippen molar-refractivity contribution in [2.24, 2.45) is 7.05 Å². The molecule has 78 valence electrons. The first-order valence-electron chi connectivity index (χ1n) is 4.55. The van der Waals surface area contributed by atoms with Crippen molar-refractivity contribution in [2.75, 3.05) is 0 Å². The van der Waals surface area contributed by atoms with Gasteiger partial charge >= 0.3 is 5.69 Å². The summed E-state index contributed by atoms with van der Waals surface area (Å²) >= 11 is 0. The van der Waals surface area contributed by atoms with Gasteiger partial charge in [-0.1, -0.05) is 0 Å². The molecule has 0 amide bonds. The summed E-state index contributed by atoms with van der Waals surface area (Å²) in [5, 5.41) is 0. The second-order valence-electron chi connectivity index (χ2n) is 4.52. The molecular weight excluding hydrogens is 180 g/mol. The lowest BCUT2D eigenvalue weighted by Gasteiger charge is -2.22. The smallest absolute Gasteiger partial charge is 0.303 e. The number of aromatic nitrogens is 2. The van der Waals surface area contributed by atoms with Crippen LogP contribution < -0.4 is 11.2 Å². The fraction of sp³-hybridized carbons (Fsp3) is 0.600. The van der Waals surface area contributed by atoms with Crippen molar-refractivity contribution >= 4 is 0 Å². The van der Waals surface area contributed by atoms with E-state index in [9.17, 15) is 9.59 Å². The molecule has 4 nitrogen and oxygen atoms in total. The predicted octanol–water partition coefficient (Wildman–Crippen LogP) is 0.610. The van der Waals surface area contributed by atoms with Gasteiger partial charge in [0.1, 0.15) is 0 Å². The van der Waals surface area contributed by atoms with Gasteiger partial charge in [-0.25, -0.2) is 4.79 Å². The number of hydrogen-bond acceptors (Lipinski definition) is 2. The Morgan fingerprint density at radius 1 is 1.21 bits per heavy atom. The predicted molar refractivity (Wildman–Crippen MR) is 55.7 cm³/mol. The van der Waals surface area contributed by atoms with Gasteiger partial charge in [0, 0.05) is 24.3 Å². The summed E-state index contributed by atoms with van der Waals surface area (Å²) in [7, 11) is 1.65. The van der Waals surface area contributed by atoms with E-state index in [0.717, 1.165) is 0 Å². The van der Waals surface area contributed by atoms with Crippen LogP contribution in [-0.4, -0.2) is 9.13 Å². The highest BCUT2D eigenvalue weighted by Crippen LogP contribution is 2.07. The molecule has 0 N–H and O–H groups in total. The minimum Gasteiger partial charge on any atom is -0.303 e. The van der Waals surface area contributed by atoms with Crippen LogP contribution in [0.1, 0.15) is 26.3 Å². The summed E-state index contributed by atoms with van der Waals surface area (Å²) in [5.41, 5.74) is -0.367. The van der Waals surface area contributed by atoms with E-state index in [-0.39, 0.29) is 11.2 Å². The Morgan fingerprint density at radius 3 is 2.14 bits per heavy atom. The van der Waals surface area contributed by atoms with Crippen LogP contribution in [0.15, 0.2) is 15.8 Å². The van der Waals surface area contributed by atoms with Crippen LogP contribution >= 0.6 is 0 Å². The highest BCUT2D eigenvalue weighted by atomic mass is 16.2. The molecule has 0 saturated heterocycles. The normalized spacial score (nSPS) is 11.8. The Morgan fingerprint density at radius 2 is 1.71 bits per heavy atom.